The first-order valence-electron chi connectivity index (χ1n) is 10.1. The summed E-state index contributed by atoms with van der Waals surface area (Å²) in [4.78, 5) is 16.1. The average Bonchev–Trinajstić information content (AvgIpc) is 3.14. The van der Waals surface area contributed by atoms with Gasteiger partial charge >= 0.3 is 0 Å². The van der Waals surface area contributed by atoms with Crippen molar-refractivity contribution >= 4 is 16.9 Å². The number of aliphatic hydroxyl groups is 1. The number of aliphatic hydroxyl groups excluding tert-OH is 1. The summed E-state index contributed by atoms with van der Waals surface area (Å²) in [6.45, 7) is 5.65. The molecule has 0 radical (unpaired) electrons. The third-order valence-electron chi connectivity index (χ3n) is 6.68. The molecule has 0 amide bonds. The minimum Gasteiger partial charge on any atom is -0.513 e. The lowest BCUT2D eigenvalue weighted by atomic mass is 9.61. The normalized spacial score (nSPS) is 26.0. The molecule has 0 saturated heterocycles. The maximum absolute atomic E-state index is 14.9. The van der Waals surface area contributed by atoms with E-state index in [2.05, 4.69) is 31.8 Å². The van der Waals surface area contributed by atoms with Crippen molar-refractivity contribution in [2.75, 3.05) is 5.32 Å². The van der Waals surface area contributed by atoms with Crippen LogP contribution < -0.4 is 5.32 Å². The van der Waals surface area contributed by atoms with Crippen molar-refractivity contribution in [1.29, 1.82) is 0 Å². The topological polar surface area (TPSA) is 86.7 Å². The average molecular weight is 393 g/mol. The smallest absolute Gasteiger partial charge is 0.165 e. The summed E-state index contributed by atoms with van der Waals surface area (Å²) in [5, 5.41) is 14.4. The largest absolute Gasteiger partial charge is 0.513 e. The molecule has 3 aromatic rings. The number of fused-ring (bicyclic) bond motifs is 4. The monoisotopic (exact) mass is 393 g/mol. The van der Waals surface area contributed by atoms with Crippen molar-refractivity contribution in [2.24, 2.45) is 17.8 Å². The Morgan fingerprint density at radius 3 is 2.79 bits per heavy atom. The summed E-state index contributed by atoms with van der Waals surface area (Å²) < 4.78 is 14.9. The van der Waals surface area contributed by atoms with Crippen LogP contribution in [-0.2, 0) is 0 Å². The van der Waals surface area contributed by atoms with E-state index < -0.39 is 0 Å². The summed E-state index contributed by atoms with van der Waals surface area (Å²) >= 11 is 0. The highest BCUT2D eigenvalue weighted by molar-refractivity contribution is 5.92. The molecule has 0 aliphatic heterocycles. The van der Waals surface area contributed by atoms with Crippen LogP contribution in [0.1, 0.15) is 31.2 Å². The Balaban J connectivity index is 1.54. The fourth-order valence-corrected chi connectivity index (χ4v) is 5.30. The molecule has 150 valence electrons. The molecule has 3 aromatic heterocycles. The van der Waals surface area contributed by atoms with Gasteiger partial charge in [-0.15, -0.1) is 0 Å². The number of rotatable bonds is 4. The van der Waals surface area contributed by atoms with Crippen molar-refractivity contribution in [3.63, 3.8) is 0 Å². The molecule has 7 heteroatoms. The van der Waals surface area contributed by atoms with Crippen LogP contribution in [0.5, 0.6) is 0 Å². The van der Waals surface area contributed by atoms with Gasteiger partial charge in [-0.2, -0.15) is 0 Å². The highest BCUT2D eigenvalue weighted by Gasteiger charge is 2.45. The number of aryl methyl sites for hydroxylation is 1. The molecule has 0 unspecified atom stereocenters. The number of hydrogen-bond acceptors (Lipinski definition) is 5. The van der Waals surface area contributed by atoms with Gasteiger partial charge in [0.15, 0.2) is 11.6 Å². The second-order valence-corrected chi connectivity index (χ2v) is 8.33. The van der Waals surface area contributed by atoms with E-state index in [1.165, 1.54) is 12.4 Å². The molecule has 3 saturated carbocycles. The van der Waals surface area contributed by atoms with Crippen LogP contribution in [0, 0.1) is 30.5 Å². The van der Waals surface area contributed by atoms with E-state index in [-0.39, 0.29) is 29.4 Å². The van der Waals surface area contributed by atoms with Crippen LogP contribution in [0.25, 0.3) is 22.3 Å². The molecule has 0 spiro atoms. The summed E-state index contributed by atoms with van der Waals surface area (Å²) in [6.07, 6.45) is 9.42. The Hall–Kier alpha value is -2.96. The number of halogens is 1. The predicted octanol–water partition coefficient (Wildman–Crippen LogP) is 4.76. The summed E-state index contributed by atoms with van der Waals surface area (Å²) in [6, 6.07) is 1.46. The van der Waals surface area contributed by atoms with Crippen LogP contribution in [0.4, 0.5) is 10.2 Å². The number of nitrogens with one attached hydrogen (secondary N) is 2. The molecule has 2 atom stereocenters. The summed E-state index contributed by atoms with van der Waals surface area (Å²) in [5.74, 6) is 0.759. The fourth-order valence-electron chi connectivity index (χ4n) is 5.30. The Morgan fingerprint density at radius 2 is 2.03 bits per heavy atom. The van der Waals surface area contributed by atoms with Crippen molar-refractivity contribution in [1.82, 2.24) is 19.9 Å². The molecular formula is C22H24FN5O. The van der Waals surface area contributed by atoms with Gasteiger partial charge in [0.1, 0.15) is 12.0 Å². The molecule has 3 heterocycles. The first-order valence-corrected chi connectivity index (χ1v) is 10.1. The van der Waals surface area contributed by atoms with E-state index >= 15 is 0 Å². The maximum Gasteiger partial charge on any atom is 0.165 e. The molecular weight excluding hydrogens is 369 g/mol. The van der Waals surface area contributed by atoms with Crippen molar-refractivity contribution in [3.05, 3.63) is 48.5 Å². The van der Waals surface area contributed by atoms with Gasteiger partial charge in [0.2, 0.25) is 0 Å². The van der Waals surface area contributed by atoms with Gasteiger partial charge in [-0.1, -0.05) is 6.58 Å². The molecule has 2 bridgehead atoms. The number of H-pyrrole nitrogens is 1. The SMILES string of the molecule is C=C(O)[C@H]1C2CCC(CC2)[C@@H]1Nc1nc(-c2c[nH]c3ncncc23)c(C)cc1F. The quantitative estimate of drug-likeness (QED) is 0.557. The van der Waals surface area contributed by atoms with E-state index in [9.17, 15) is 9.50 Å². The van der Waals surface area contributed by atoms with Gasteiger partial charge in [0.25, 0.3) is 0 Å². The number of aromatic nitrogens is 4. The number of hydrogen-bond donors (Lipinski definition) is 3. The molecule has 6 nitrogen and oxygen atoms in total. The Morgan fingerprint density at radius 1 is 1.28 bits per heavy atom. The molecule has 3 aliphatic rings. The second kappa shape index (κ2) is 6.83. The van der Waals surface area contributed by atoms with Gasteiger partial charge < -0.3 is 15.4 Å². The maximum atomic E-state index is 14.9. The number of pyridine rings is 1. The van der Waals surface area contributed by atoms with E-state index in [4.69, 9.17) is 0 Å². The van der Waals surface area contributed by atoms with Crippen molar-refractivity contribution in [2.45, 2.75) is 38.6 Å². The van der Waals surface area contributed by atoms with Crippen LogP contribution in [-0.4, -0.2) is 31.1 Å². The minimum atomic E-state index is -0.383. The van der Waals surface area contributed by atoms with E-state index in [1.54, 1.807) is 6.20 Å². The van der Waals surface area contributed by atoms with E-state index in [1.807, 2.05) is 13.1 Å². The Labute approximate surface area is 168 Å². The molecule has 3 N–H and O–H groups in total. The first-order chi connectivity index (χ1) is 14.0. The first kappa shape index (κ1) is 18.1. The highest BCUT2D eigenvalue weighted by Crippen LogP contribution is 2.48. The summed E-state index contributed by atoms with van der Waals surface area (Å²) in [5.41, 5.74) is 2.99. The third kappa shape index (κ3) is 2.96. The molecule has 0 aromatic carbocycles. The Kier molecular flexibility index (Phi) is 4.26. The van der Waals surface area contributed by atoms with Crippen LogP contribution in [0.15, 0.2) is 37.1 Å². The van der Waals surface area contributed by atoms with Gasteiger partial charge in [-0.25, -0.2) is 19.3 Å². The van der Waals surface area contributed by atoms with Crippen LogP contribution in [0.2, 0.25) is 0 Å². The third-order valence-corrected chi connectivity index (χ3v) is 6.68. The lowest BCUT2D eigenvalue weighted by Gasteiger charge is -2.48. The standard InChI is InChI=1S/C22H24FN5O/c1-11-7-17(23)22(27-19(11)15-9-25-21-16(15)8-24-10-26-21)28-20-14-5-3-13(4-6-14)18(20)12(2)29/h7-10,13-14,18,20,29H,2-6H2,1H3,(H,27,28)(H,24,25,26)/t13?,14?,18-,20-/m0/s1. The predicted molar refractivity (Wildman–Crippen MR) is 110 cm³/mol. The summed E-state index contributed by atoms with van der Waals surface area (Å²) in [7, 11) is 0. The van der Waals surface area contributed by atoms with Crippen molar-refractivity contribution < 1.29 is 9.50 Å². The van der Waals surface area contributed by atoms with Gasteiger partial charge in [-0.05, 0) is 56.1 Å². The second-order valence-electron chi connectivity index (χ2n) is 8.33. The van der Waals surface area contributed by atoms with Crippen LogP contribution in [0.3, 0.4) is 0 Å². The number of nitrogens with zero attached hydrogens (tertiary/aromatic N) is 3. The van der Waals surface area contributed by atoms with E-state index in [0.29, 0.717) is 17.5 Å². The minimum absolute atomic E-state index is 0.0520. The number of anilines is 1. The molecule has 29 heavy (non-hydrogen) atoms. The number of aromatic amines is 1. The fraction of sp³-hybridized carbons (Fsp3) is 0.409. The lowest BCUT2D eigenvalue weighted by molar-refractivity contribution is 0.0759. The lowest BCUT2D eigenvalue weighted by Crippen LogP contribution is -2.49. The molecule has 3 fully saturated rings. The van der Waals surface area contributed by atoms with E-state index in [0.717, 1.165) is 47.8 Å². The highest BCUT2D eigenvalue weighted by atomic mass is 19.1. The van der Waals surface area contributed by atoms with Gasteiger partial charge in [-0.3, -0.25) is 0 Å². The van der Waals surface area contributed by atoms with Gasteiger partial charge in [0, 0.05) is 35.3 Å². The van der Waals surface area contributed by atoms with Crippen LogP contribution >= 0.6 is 0 Å². The zero-order chi connectivity index (χ0) is 20.1. The van der Waals surface area contributed by atoms with Gasteiger partial charge in [0.05, 0.1) is 11.5 Å². The zero-order valence-electron chi connectivity index (χ0n) is 16.3. The van der Waals surface area contributed by atoms with Crippen molar-refractivity contribution in [3.8, 4) is 11.3 Å². The molecule has 6 rings (SSSR count). The Bertz CT molecular complexity index is 1090. The molecule has 3 aliphatic carbocycles. The zero-order valence-corrected chi connectivity index (χ0v) is 16.3.